The van der Waals surface area contributed by atoms with Gasteiger partial charge in [0.25, 0.3) is 0 Å². The van der Waals surface area contributed by atoms with Crippen LogP contribution in [0.15, 0.2) is 59.7 Å². The van der Waals surface area contributed by atoms with Gasteiger partial charge in [-0.25, -0.2) is 10.2 Å². The Morgan fingerprint density at radius 2 is 1.82 bits per heavy atom. The normalized spacial score (nSPS) is 12.5. The second-order valence-electron chi connectivity index (χ2n) is 8.26. The molecular formula is C28H24N4O5S. The van der Waals surface area contributed by atoms with Crippen molar-refractivity contribution in [2.75, 3.05) is 12.4 Å². The molecule has 2 N–H and O–H groups in total. The number of thiophene rings is 1. The highest BCUT2D eigenvalue weighted by Crippen LogP contribution is 2.37. The number of benzene rings is 2. The van der Waals surface area contributed by atoms with E-state index >= 15 is 0 Å². The molecule has 1 heterocycles. The van der Waals surface area contributed by atoms with E-state index in [4.69, 9.17) is 9.47 Å². The van der Waals surface area contributed by atoms with Crippen LogP contribution in [0.3, 0.4) is 0 Å². The van der Waals surface area contributed by atoms with Crippen LogP contribution in [0.5, 0.6) is 11.5 Å². The van der Waals surface area contributed by atoms with Gasteiger partial charge in [-0.05, 0) is 66.6 Å². The van der Waals surface area contributed by atoms with Crippen molar-refractivity contribution in [1.82, 2.24) is 5.43 Å². The molecule has 1 aromatic heterocycles. The second-order valence-corrected chi connectivity index (χ2v) is 9.36. The number of amides is 2. The summed E-state index contributed by atoms with van der Waals surface area (Å²) in [4.78, 5) is 37.9. The molecule has 0 saturated carbocycles. The summed E-state index contributed by atoms with van der Waals surface area (Å²) in [6, 6.07) is 16.2. The molecule has 9 nitrogen and oxygen atoms in total. The summed E-state index contributed by atoms with van der Waals surface area (Å²) >= 11 is 1.34. The van der Waals surface area contributed by atoms with E-state index in [1.807, 2.05) is 30.3 Å². The van der Waals surface area contributed by atoms with E-state index in [2.05, 4.69) is 21.9 Å². The summed E-state index contributed by atoms with van der Waals surface area (Å²) < 4.78 is 10.7. The fourth-order valence-corrected chi connectivity index (χ4v) is 5.10. The topological polar surface area (TPSA) is 130 Å². The van der Waals surface area contributed by atoms with Crippen molar-refractivity contribution < 1.29 is 23.9 Å². The van der Waals surface area contributed by atoms with Gasteiger partial charge in [-0.15, -0.1) is 11.3 Å². The minimum absolute atomic E-state index is 0.211. The van der Waals surface area contributed by atoms with Crippen molar-refractivity contribution in [1.29, 1.82) is 5.26 Å². The first-order valence-electron chi connectivity index (χ1n) is 11.8. The summed E-state index contributed by atoms with van der Waals surface area (Å²) in [7, 11) is 1.43. The van der Waals surface area contributed by atoms with Crippen LogP contribution in [0.2, 0.25) is 0 Å². The number of hydrogen-bond donors (Lipinski definition) is 2. The van der Waals surface area contributed by atoms with E-state index in [-0.39, 0.29) is 11.5 Å². The first-order valence-corrected chi connectivity index (χ1v) is 12.6. The molecule has 0 saturated heterocycles. The lowest BCUT2D eigenvalue weighted by Crippen LogP contribution is -2.32. The van der Waals surface area contributed by atoms with Crippen LogP contribution in [0.4, 0.5) is 5.00 Å². The van der Waals surface area contributed by atoms with Crippen LogP contribution in [0, 0.1) is 11.3 Å². The third-order valence-electron chi connectivity index (χ3n) is 5.71. The van der Waals surface area contributed by atoms with Crippen molar-refractivity contribution in [2.45, 2.75) is 25.7 Å². The van der Waals surface area contributed by atoms with Crippen LogP contribution in [-0.4, -0.2) is 31.1 Å². The molecule has 1 aliphatic rings. The molecule has 0 fully saturated rings. The Balaban J connectivity index is 1.34. The van der Waals surface area contributed by atoms with E-state index in [1.54, 1.807) is 18.2 Å². The Labute approximate surface area is 223 Å². The Morgan fingerprint density at radius 3 is 2.58 bits per heavy atom. The quantitative estimate of drug-likeness (QED) is 0.118. The molecule has 0 radical (unpaired) electrons. The van der Waals surface area contributed by atoms with Gasteiger partial charge in [0.15, 0.2) is 11.5 Å². The molecule has 2 amide bonds. The van der Waals surface area contributed by atoms with Crippen LogP contribution in [0.1, 0.15) is 40.0 Å². The van der Waals surface area contributed by atoms with E-state index in [9.17, 15) is 19.6 Å². The molecule has 0 unspecified atom stereocenters. The number of ether oxygens (including phenoxy) is 2. The number of fused-ring (bicyclic) bond motifs is 1. The zero-order valence-electron chi connectivity index (χ0n) is 20.5. The standard InChI is InChI=1S/C28H24N4O5S/c1-36-23-15-19(11-13-22(23)37-25(33)14-12-18-7-3-2-4-8-18)17-30-32-27(35)26(34)31-28-21(16-29)20-9-5-6-10-24(20)38-28/h2-4,7-8,11-15,17H,5-6,9-10H2,1H3,(H,31,34)(H,32,35)/b14-12+,30-17+. The van der Waals surface area contributed by atoms with E-state index in [0.717, 1.165) is 41.7 Å². The maximum atomic E-state index is 12.4. The largest absolute Gasteiger partial charge is 0.493 e. The number of nitrogens with one attached hydrogen (secondary N) is 2. The zero-order chi connectivity index (χ0) is 26.9. The number of methoxy groups -OCH3 is 1. The highest BCUT2D eigenvalue weighted by molar-refractivity contribution is 7.16. The third kappa shape index (κ3) is 6.52. The van der Waals surface area contributed by atoms with Gasteiger partial charge in [0.2, 0.25) is 0 Å². The van der Waals surface area contributed by atoms with Crippen LogP contribution in [0.25, 0.3) is 6.08 Å². The smallest absolute Gasteiger partial charge is 0.336 e. The summed E-state index contributed by atoms with van der Waals surface area (Å²) in [6.45, 7) is 0. The number of carbonyl (C=O) groups excluding carboxylic acids is 3. The van der Waals surface area contributed by atoms with Crippen LogP contribution in [-0.2, 0) is 27.2 Å². The first-order chi connectivity index (χ1) is 18.5. The molecule has 2 aromatic carbocycles. The zero-order valence-corrected chi connectivity index (χ0v) is 21.3. The van der Waals surface area contributed by atoms with Gasteiger partial charge >= 0.3 is 17.8 Å². The minimum atomic E-state index is -0.973. The van der Waals surface area contributed by atoms with Gasteiger partial charge in [0.05, 0.1) is 18.9 Å². The van der Waals surface area contributed by atoms with Crippen molar-refractivity contribution in [3.8, 4) is 17.6 Å². The summed E-state index contributed by atoms with van der Waals surface area (Å²) in [5.41, 5.74) is 4.95. The van der Waals surface area contributed by atoms with E-state index < -0.39 is 17.8 Å². The monoisotopic (exact) mass is 528 g/mol. The average molecular weight is 529 g/mol. The van der Waals surface area contributed by atoms with Gasteiger partial charge in [-0.1, -0.05) is 30.3 Å². The molecule has 1 aliphatic carbocycles. The van der Waals surface area contributed by atoms with Crippen molar-refractivity contribution in [2.24, 2.45) is 5.10 Å². The number of nitrogens with zero attached hydrogens (tertiary/aromatic N) is 2. The third-order valence-corrected chi connectivity index (χ3v) is 6.91. The highest BCUT2D eigenvalue weighted by atomic mass is 32.1. The van der Waals surface area contributed by atoms with Gasteiger partial charge in [-0.3, -0.25) is 9.59 Å². The van der Waals surface area contributed by atoms with Crippen molar-refractivity contribution in [3.05, 3.63) is 81.7 Å². The second kappa shape index (κ2) is 12.5. The predicted octanol–water partition coefficient (Wildman–Crippen LogP) is 4.21. The number of nitriles is 1. The van der Waals surface area contributed by atoms with Crippen LogP contribution >= 0.6 is 11.3 Å². The summed E-state index contributed by atoms with van der Waals surface area (Å²) in [6.07, 6.45) is 7.98. The number of anilines is 1. The fraction of sp³-hybridized carbons (Fsp3) is 0.179. The lowest BCUT2D eigenvalue weighted by molar-refractivity contribution is -0.136. The molecule has 10 heteroatoms. The minimum Gasteiger partial charge on any atom is -0.493 e. The van der Waals surface area contributed by atoms with Gasteiger partial charge in [0, 0.05) is 11.0 Å². The molecule has 38 heavy (non-hydrogen) atoms. The van der Waals surface area contributed by atoms with Crippen molar-refractivity contribution >= 4 is 46.4 Å². The molecule has 3 aromatic rings. The van der Waals surface area contributed by atoms with Gasteiger partial charge in [0.1, 0.15) is 11.1 Å². The van der Waals surface area contributed by atoms with Crippen LogP contribution < -0.4 is 20.2 Å². The molecule has 0 aliphatic heterocycles. The SMILES string of the molecule is COc1cc(/C=N/NC(=O)C(=O)Nc2sc3c(c2C#N)CCCC3)ccc1OC(=O)/C=C/c1ccccc1. The number of rotatable bonds is 7. The van der Waals surface area contributed by atoms with Gasteiger partial charge in [-0.2, -0.15) is 10.4 Å². The lowest BCUT2D eigenvalue weighted by Gasteiger charge is -2.09. The Kier molecular flexibility index (Phi) is 8.64. The molecule has 4 rings (SSSR count). The van der Waals surface area contributed by atoms with Gasteiger partial charge < -0.3 is 14.8 Å². The lowest BCUT2D eigenvalue weighted by atomic mass is 9.96. The number of aryl methyl sites for hydroxylation is 1. The fourth-order valence-electron chi connectivity index (χ4n) is 3.87. The number of carbonyl (C=O) groups is 3. The number of hydrazone groups is 1. The molecular weight excluding hydrogens is 504 g/mol. The molecule has 0 spiro atoms. The Morgan fingerprint density at radius 1 is 1.03 bits per heavy atom. The average Bonchev–Trinajstić information content (AvgIpc) is 3.29. The molecule has 0 atom stereocenters. The van der Waals surface area contributed by atoms with Crippen molar-refractivity contribution in [3.63, 3.8) is 0 Å². The summed E-state index contributed by atoms with van der Waals surface area (Å²) in [5.74, 6) is -1.97. The maximum absolute atomic E-state index is 12.4. The number of esters is 1. The highest BCUT2D eigenvalue weighted by Gasteiger charge is 2.23. The Bertz CT molecular complexity index is 1450. The Hall–Kier alpha value is -4.75. The predicted molar refractivity (Wildman–Crippen MR) is 144 cm³/mol. The van der Waals surface area contributed by atoms with E-state index in [0.29, 0.717) is 16.1 Å². The maximum Gasteiger partial charge on any atom is 0.336 e. The number of hydrogen-bond acceptors (Lipinski definition) is 8. The van der Waals surface area contributed by atoms with E-state index in [1.165, 1.54) is 36.8 Å². The molecule has 0 bridgehead atoms. The first kappa shape index (κ1) is 26.3. The molecule has 192 valence electrons. The summed E-state index contributed by atoms with van der Waals surface area (Å²) in [5, 5.41) is 16.2.